The Kier molecular flexibility index (Phi) is 13.8. The topological polar surface area (TPSA) is 353 Å². The van der Waals surface area contributed by atoms with Crippen LogP contribution in [0.1, 0.15) is 13.3 Å². The van der Waals surface area contributed by atoms with Gasteiger partial charge in [-0.15, -0.1) is 0 Å². The van der Waals surface area contributed by atoms with Gasteiger partial charge in [-0.3, -0.25) is 0 Å². The zero-order valence-corrected chi connectivity index (χ0v) is 24.0. The summed E-state index contributed by atoms with van der Waals surface area (Å²) in [5.74, 6) is 0. The Morgan fingerprint density at radius 1 is 0.721 bits per heavy atom. The fourth-order valence-electron chi connectivity index (χ4n) is 5.14. The van der Waals surface area contributed by atoms with Crippen LogP contribution in [0.4, 0.5) is 0 Å². The van der Waals surface area contributed by atoms with Crippen LogP contribution in [-0.4, -0.2) is 172 Å². The van der Waals surface area contributed by atoms with Gasteiger partial charge in [0, 0.05) is 25.2 Å². The molecule has 0 radical (unpaired) electrons. The SMILES string of the molecule is CC(O)[C@H](N)CC(N)[C@H](CO[C@@H]1O[C@H](CO)C(OC2OC(CN)[C@@H](O)[C@H](O)C2N)C1O)O[C@H]1OC(CN)[C@@H](O)[C@H](O)C1N. The highest BCUT2D eigenvalue weighted by Gasteiger charge is 2.51. The number of nitrogens with two attached hydrogens (primary N) is 6. The van der Waals surface area contributed by atoms with Crippen molar-refractivity contribution in [2.75, 3.05) is 26.3 Å². The van der Waals surface area contributed by atoms with E-state index in [1.807, 2.05) is 0 Å². The van der Waals surface area contributed by atoms with Crippen molar-refractivity contribution in [3.63, 3.8) is 0 Å². The number of aliphatic hydroxyl groups is 7. The Morgan fingerprint density at radius 3 is 1.74 bits per heavy atom. The summed E-state index contributed by atoms with van der Waals surface area (Å²) >= 11 is 0. The van der Waals surface area contributed by atoms with Gasteiger partial charge in [0.1, 0.15) is 54.9 Å². The summed E-state index contributed by atoms with van der Waals surface area (Å²) in [6.07, 6.45) is -17.4. The number of hydrogen-bond acceptors (Lipinski definition) is 19. The summed E-state index contributed by atoms with van der Waals surface area (Å²) in [4.78, 5) is 0. The molecule has 3 aliphatic heterocycles. The quantitative estimate of drug-likeness (QED) is 0.0846. The second-order valence-corrected chi connectivity index (χ2v) is 11.3. The van der Waals surface area contributed by atoms with E-state index < -0.39 is 117 Å². The molecular weight excluding hydrogens is 580 g/mol. The summed E-state index contributed by atoms with van der Waals surface area (Å²) in [5.41, 5.74) is 35.6. The van der Waals surface area contributed by atoms with E-state index in [-0.39, 0.29) is 26.1 Å². The summed E-state index contributed by atoms with van der Waals surface area (Å²) in [7, 11) is 0. The van der Waals surface area contributed by atoms with Crippen LogP contribution < -0.4 is 34.4 Å². The van der Waals surface area contributed by atoms with Gasteiger partial charge in [0.25, 0.3) is 0 Å². The Balaban J connectivity index is 1.71. The summed E-state index contributed by atoms with van der Waals surface area (Å²) in [6.45, 7) is 0.220. The first-order valence-electron chi connectivity index (χ1n) is 14.3. The Labute approximate surface area is 248 Å². The molecule has 0 saturated carbocycles. The van der Waals surface area contributed by atoms with Gasteiger partial charge in [0.2, 0.25) is 0 Å². The molecule has 0 amide bonds. The third kappa shape index (κ3) is 8.54. The van der Waals surface area contributed by atoms with Crippen molar-refractivity contribution >= 4 is 0 Å². The van der Waals surface area contributed by atoms with Crippen LogP contribution in [0.15, 0.2) is 0 Å². The molecule has 18 atom stereocenters. The molecule has 0 spiro atoms. The monoisotopic (exact) mass is 630 g/mol. The predicted octanol–water partition coefficient (Wildman–Crippen LogP) is -8.26. The normalized spacial score (nSPS) is 45.1. The Bertz CT molecular complexity index is 837. The smallest absolute Gasteiger partial charge is 0.186 e. The first kappa shape index (κ1) is 36.7. The van der Waals surface area contributed by atoms with Crippen molar-refractivity contribution in [3.05, 3.63) is 0 Å². The summed E-state index contributed by atoms with van der Waals surface area (Å²) < 4.78 is 34.4. The fourth-order valence-corrected chi connectivity index (χ4v) is 5.14. The number of rotatable bonds is 14. The Morgan fingerprint density at radius 2 is 1.23 bits per heavy atom. The molecule has 3 fully saturated rings. The lowest BCUT2D eigenvalue weighted by molar-refractivity contribution is -0.283. The molecule has 19 N–H and O–H groups in total. The molecule has 0 aromatic carbocycles. The second-order valence-electron chi connectivity index (χ2n) is 11.3. The van der Waals surface area contributed by atoms with Gasteiger partial charge < -0.3 is 98.6 Å². The molecule has 3 rings (SSSR count). The minimum atomic E-state index is -1.52. The van der Waals surface area contributed by atoms with Crippen LogP contribution in [0.2, 0.25) is 0 Å². The van der Waals surface area contributed by atoms with Crippen molar-refractivity contribution in [3.8, 4) is 0 Å². The maximum Gasteiger partial charge on any atom is 0.186 e. The van der Waals surface area contributed by atoms with E-state index in [9.17, 15) is 35.7 Å². The lowest BCUT2D eigenvalue weighted by atomic mass is 9.96. The number of aliphatic hydroxyl groups excluding tert-OH is 7. The number of hydrogen-bond donors (Lipinski definition) is 13. The summed E-state index contributed by atoms with van der Waals surface area (Å²) in [6, 6.07) is -4.06. The van der Waals surface area contributed by atoms with Crippen LogP contribution in [0, 0.1) is 0 Å². The van der Waals surface area contributed by atoms with Gasteiger partial charge in [0.05, 0.1) is 37.5 Å². The third-order valence-corrected chi connectivity index (χ3v) is 8.10. The predicted molar refractivity (Wildman–Crippen MR) is 145 cm³/mol. The third-order valence-electron chi connectivity index (χ3n) is 8.10. The maximum atomic E-state index is 11.0. The van der Waals surface area contributed by atoms with E-state index in [4.69, 9.17) is 62.8 Å². The highest BCUT2D eigenvalue weighted by molar-refractivity contribution is 4.96. The molecule has 254 valence electrons. The van der Waals surface area contributed by atoms with Crippen LogP contribution in [0.5, 0.6) is 0 Å². The van der Waals surface area contributed by atoms with Crippen LogP contribution >= 0.6 is 0 Å². The largest absolute Gasteiger partial charge is 0.394 e. The molecule has 43 heavy (non-hydrogen) atoms. The lowest BCUT2D eigenvalue weighted by Gasteiger charge is -2.42. The zero-order chi connectivity index (χ0) is 32.2. The first-order valence-corrected chi connectivity index (χ1v) is 14.3. The van der Waals surface area contributed by atoms with Crippen molar-refractivity contribution in [2.24, 2.45) is 34.4 Å². The molecule has 3 aliphatic rings. The minimum Gasteiger partial charge on any atom is -0.394 e. The highest BCUT2D eigenvalue weighted by Crippen LogP contribution is 2.30. The average molecular weight is 631 g/mol. The van der Waals surface area contributed by atoms with Gasteiger partial charge in [0.15, 0.2) is 18.9 Å². The molecule has 0 bridgehead atoms. The zero-order valence-electron chi connectivity index (χ0n) is 24.0. The minimum absolute atomic E-state index is 0.0472. The van der Waals surface area contributed by atoms with E-state index in [0.717, 1.165) is 0 Å². The van der Waals surface area contributed by atoms with E-state index in [2.05, 4.69) is 0 Å². The van der Waals surface area contributed by atoms with E-state index in [1.54, 1.807) is 0 Å². The van der Waals surface area contributed by atoms with Gasteiger partial charge in [-0.2, -0.15) is 0 Å². The lowest BCUT2D eigenvalue weighted by Crippen LogP contribution is -2.64. The molecule has 0 aromatic heterocycles. The molecule has 3 heterocycles. The first-order chi connectivity index (χ1) is 20.2. The average Bonchev–Trinajstić information content (AvgIpc) is 3.28. The molecule has 19 heteroatoms. The molecule has 0 aliphatic carbocycles. The second kappa shape index (κ2) is 16.2. The highest BCUT2D eigenvalue weighted by atomic mass is 16.8. The Hall–Kier alpha value is -0.760. The fraction of sp³-hybridized carbons (Fsp3) is 1.00. The van der Waals surface area contributed by atoms with E-state index in [0.29, 0.717) is 0 Å². The number of ether oxygens (including phenoxy) is 6. The summed E-state index contributed by atoms with van der Waals surface area (Å²) in [5, 5.41) is 71.7. The van der Waals surface area contributed by atoms with Crippen molar-refractivity contribution in [1.82, 2.24) is 0 Å². The van der Waals surface area contributed by atoms with Gasteiger partial charge in [-0.25, -0.2) is 0 Å². The van der Waals surface area contributed by atoms with Crippen molar-refractivity contribution in [2.45, 2.75) is 124 Å². The van der Waals surface area contributed by atoms with Crippen molar-refractivity contribution < 1.29 is 64.2 Å². The van der Waals surface area contributed by atoms with Crippen LogP contribution in [-0.2, 0) is 28.4 Å². The van der Waals surface area contributed by atoms with Crippen molar-refractivity contribution in [1.29, 1.82) is 0 Å². The standard InChI is InChI=1S/C24H50N6O13/c1-7(32)8(27)2-9(28)13(42-22-14(29)18(35)16(33)10(3-25)39-22)6-38-24-20(37)21(12(5-31)41-24)43-23-15(30)19(36)17(34)11(4-26)40-23/h7-24,31-37H,2-6,25-30H2,1H3/t7?,8-,9?,10?,11?,12-,13+,14?,15?,16-,17-,18-,19-,20?,21?,22-,23?,24-/m1/s1. The van der Waals surface area contributed by atoms with Gasteiger partial charge >= 0.3 is 0 Å². The molecule has 9 unspecified atom stereocenters. The van der Waals surface area contributed by atoms with E-state index in [1.165, 1.54) is 6.92 Å². The molecule has 3 saturated heterocycles. The van der Waals surface area contributed by atoms with E-state index >= 15 is 0 Å². The molecular formula is C24H50N6O13. The maximum absolute atomic E-state index is 11.0. The van der Waals surface area contributed by atoms with Gasteiger partial charge in [-0.1, -0.05) is 0 Å². The van der Waals surface area contributed by atoms with Gasteiger partial charge in [-0.05, 0) is 13.3 Å². The van der Waals surface area contributed by atoms with Crippen LogP contribution in [0.25, 0.3) is 0 Å². The van der Waals surface area contributed by atoms with Crippen LogP contribution in [0.3, 0.4) is 0 Å². The molecule has 0 aromatic rings. The molecule has 19 nitrogen and oxygen atoms in total.